The summed E-state index contributed by atoms with van der Waals surface area (Å²) >= 11 is 4.34. The van der Waals surface area contributed by atoms with Gasteiger partial charge in [0, 0.05) is 24.9 Å². The van der Waals surface area contributed by atoms with E-state index in [2.05, 4.69) is 90.4 Å². The molecule has 3 nitrogen and oxygen atoms in total. The smallest absolute Gasteiger partial charge is 0.0726 e. The molecule has 4 heteroatoms. The molecule has 0 aromatic rings. The van der Waals surface area contributed by atoms with Crippen LogP contribution in [-0.4, -0.2) is 52.7 Å². The van der Waals surface area contributed by atoms with Gasteiger partial charge in [-0.05, 0) is 58.2 Å². The first-order valence-electron chi connectivity index (χ1n) is 12.5. The molecule has 4 unspecified atom stereocenters. The third kappa shape index (κ3) is 18.7. The number of rotatable bonds is 19. The maximum Gasteiger partial charge on any atom is 0.0726 e. The Bertz CT molecular complexity index is 571. The van der Waals surface area contributed by atoms with Crippen molar-refractivity contribution in [2.75, 3.05) is 25.4 Å². The van der Waals surface area contributed by atoms with Crippen LogP contribution in [0.15, 0.2) is 72.9 Å². The van der Waals surface area contributed by atoms with Crippen molar-refractivity contribution < 1.29 is 10.2 Å². The van der Waals surface area contributed by atoms with Gasteiger partial charge in [0.2, 0.25) is 0 Å². The molecule has 33 heavy (non-hydrogen) atoms. The Balaban J connectivity index is 4.62. The van der Waals surface area contributed by atoms with E-state index in [-0.39, 0.29) is 11.8 Å². The van der Waals surface area contributed by atoms with Crippen molar-refractivity contribution in [3.63, 3.8) is 0 Å². The van der Waals surface area contributed by atoms with Crippen molar-refractivity contribution in [2.45, 2.75) is 72.0 Å². The number of nitrogens with zero attached hydrogens (tertiary/aromatic N) is 1. The van der Waals surface area contributed by atoms with Gasteiger partial charge in [-0.3, -0.25) is 4.90 Å². The summed E-state index contributed by atoms with van der Waals surface area (Å²) in [6.45, 7) is 10.1. The first-order valence-corrected chi connectivity index (χ1v) is 13.1. The second-order valence-electron chi connectivity index (χ2n) is 8.57. The molecule has 4 atom stereocenters. The van der Waals surface area contributed by atoms with E-state index in [0.29, 0.717) is 13.1 Å². The minimum absolute atomic E-state index is 0.0660. The molecular weight excluding hydrogens is 426 g/mol. The predicted octanol–water partition coefficient (Wildman–Crippen LogP) is 6.54. The van der Waals surface area contributed by atoms with Crippen molar-refractivity contribution in [2.24, 2.45) is 11.8 Å². The fourth-order valence-corrected chi connectivity index (χ4v) is 3.37. The summed E-state index contributed by atoms with van der Waals surface area (Å²) < 4.78 is 0. The minimum Gasteiger partial charge on any atom is -0.391 e. The van der Waals surface area contributed by atoms with E-state index in [9.17, 15) is 10.2 Å². The molecule has 188 valence electrons. The topological polar surface area (TPSA) is 43.7 Å². The maximum absolute atomic E-state index is 10.7. The molecule has 0 rings (SSSR count). The third-order valence-electron chi connectivity index (χ3n) is 5.51. The highest BCUT2D eigenvalue weighted by atomic mass is 32.1. The van der Waals surface area contributed by atoms with Crippen molar-refractivity contribution in [3.8, 4) is 0 Å². The number of allylic oxidation sites excluding steroid dienone is 10. The van der Waals surface area contributed by atoms with E-state index in [1.807, 2.05) is 27.7 Å². The van der Waals surface area contributed by atoms with Gasteiger partial charge in [0.25, 0.3) is 0 Å². The zero-order valence-corrected chi connectivity index (χ0v) is 22.3. The van der Waals surface area contributed by atoms with Crippen LogP contribution in [0.3, 0.4) is 0 Å². The molecule has 0 radical (unpaired) electrons. The highest BCUT2D eigenvalue weighted by molar-refractivity contribution is 7.80. The molecule has 0 aliphatic rings. The molecule has 0 aliphatic carbocycles. The lowest BCUT2D eigenvalue weighted by molar-refractivity contribution is 0.0434. The van der Waals surface area contributed by atoms with Gasteiger partial charge in [-0.2, -0.15) is 12.6 Å². The van der Waals surface area contributed by atoms with Crippen LogP contribution in [0.1, 0.15) is 59.8 Å². The van der Waals surface area contributed by atoms with Crippen LogP contribution in [0.5, 0.6) is 0 Å². The average Bonchev–Trinajstić information content (AvgIpc) is 2.80. The molecule has 0 aromatic heterocycles. The van der Waals surface area contributed by atoms with E-state index >= 15 is 0 Å². The fraction of sp³-hybridized carbons (Fsp3) is 0.586. The van der Waals surface area contributed by atoms with E-state index in [1.165, 1.54) is 0 Å². The largest absolute Gasteiger partial charge is 0.391 e. The zero-order valence-electron chi connectivity index (χ0n) is 21.4. The number of hydrogen-bond acceptors (Lipinski definition) is 4. The molecular formula is C29H49NO2S. The van der Waals surface area contributed by atoms with Gasteiger partial charge >= 0.3 is 0 Å². The standard InChI is InChI=1S/C29H49NO2S/c1-5-7-9-11-13-15-17-20-26(3)28(31)24-30(22-19-23-33)25-29(32)27(4)21-18-16-14-12-10-8-6-2/h5-8,11-14,17-18,20-21,26-29,31-33H,9-10,15-16,19,22-25H2,1-4H3/b7-5-,8-6-,13-11-,14-12-,20-17-,21-18-. The predicted molar refractivity (Wildman–Crippen MR) is 150 cm³/mol. The highest BCUT2D eigenvalue weighted by Gasteiger charge is 2.20. The van der Waals surface area contributed by atoms with Crippen molar-refractivity contribution in [1.29, 1.82) is 0 Å². The van der Waals surface area contributed by atoms with Gasteiger partial charge in [-0.25, -0.2) is 0 Å². The van der Waals surface area contributed by atoms with Crippen LogP contribution in [0.25, 0.3) is 0 Å². The molecule has 0 bridgehead atoms. The van der Waals surface area contributed by atoms with Crippen LogP contribution in [0.2, 0.25) is 0 Å². The molecule has 0 fully saturated rings. The van der Waals surface area contributed by atoms with Gasteiger partial charge in [-0.15, -0.1) is 0 Å². The summed E-state index contributed by atoms with van der Waals surface area (Å²) in [7, 11) is 0. The molecule has 0 heterocycles. The fourth-order valence-electron chi connectivity index (χ4n) is 3.23. The summed E-state index contributed by atoms with van der Waals surface area (Å²) in [5.74, 6) is 0.930. The summed E-state index contributed by atoms with van der Waals surface area (Å²) in [5, 5.41) is 21.5. The maximum atomic E-state index is 10.7. The number of aliphatic hydroxyl groups excluding tert-OH is 2. The van der Waals surface area contributed by atoms with E-state index < -0.39 is 12.2 Å². The lowest BCUT2D eigenvalue weighted by Gasteiger charge is -2.30. The molecule has 0 aliphatic heterocycles. The molecule has 0 aromatic carbocycles. The second-order valence-corrected chi connectivity index (χ2v) is 9.02. The van der Waals surface area contributed by atoms with Crippen molar-refractivity contribution in [3.05, 3.63) is 72.9 Å². The summed E-state index contributed by atoms with van der Waals surface area (Å²) in [4.78, 5) is 2.17. The Morgan fingerprint density at radius 1 is 0.667 bits per heavy atom. The Hall–Kier alpha value is -1.33. The number of thiol groups is 1. The van der Waals surface area contributed by atoms with Crippen LogP contribution < -0.4 is 0 Å². The molecule has 2 N–H and O–H groups in total. The van der Waals surface area contributed by atoms with Gasteiger partial charge in [0.05, 0.1) is 12.2 Å². The van der Waals surface area contributed by atoms with Crippen molar-refractivity contribution in [1.82, 2.24) is 4.90 Å². The van der Waals surface area contributed by atoms with E-state index in [1.54, 1.807) is 0 Å². The molecule has 0 saturated heterocycles. The monoisotopic (exact) mass is 475 g/mol. The van der Waals surface area contributed by atoms with E-state index in [4.69, 9.17) is 0 Å². The minimum atomic E-state index is -0.464. The van der Waals surface area contributed by atoms with Crippen LogP contribution >= 0.6 is 12.6 Å². The van der Waals surface area contributed by atoms with Crippen LogP contribution in [-0.2, 0) is 0 Å². The number of aliphatic hydroxyl groups is 2. The lowest BCUT2D eigenvalue weighted by atomic mass is 10.0. The molecule has 0 saturated carbocycles. The molecule has 0 amide bonds. The first-order chi connectivity index (χ1) is 16.0. The zero-order chi connectivity index (χ0) is 24.7. The van der Waals surface area contributed by atoms with Gasteiger partial charge < -0.3 is 10.2 Å². The lowest BCUT2D eigenvalue weighted by Crippen LogP contribution is -2.42. The van der Waals surface area contributed by atoms with Crippen LogP contribution in [0, 0.1) is 11.8 Å². The Morgan fingerprint density at radius 2 is 1.06 bits per heavy atom. The Labute approximate surface area is 209 Å². The average molecular weight is 476 g/mol. The van der Waals surface area contributed by atoms with Crippen molar-refractivity contribution >= 4 is 12.6 Å². The SMILES string of the molecule is C/C=C\C/C=C\C/C=C\C(C)C(O)CN(CCCS)CC(O)C(C)/C=C\C/C=C\C/C=C\C. The van der Waals surface area contributed by atoms with Gasteiger partial charge in [0.15, 0.2) is 0 Å². The Kier molecular flexibility index (Phi) is 21.6. The molecule has 0 spiro atoms. The normalized spacial score (nSPS) is 17.1. The van der Waals surface area contributed by atoms with E-state index in [0.717, 1.165) is 44.4 Å². The Morgan fingerprint density at radius 3 is 1.42 bits per heavy atom. The van der Waals surface area contributed by atoms with Gasteiger partial charge in [-0.1, -0.05) is 86.8 Å². The second kappa shape index (κ2) is 22.5. The summed E-state index contributed by atoms with van der Waals surface area (Å²) in [6, 6.07) is 0. The van der Waals surface area contributed by atoms with Crippen LogP contribution in [0.4, 0.5) is 0 Å². The highest BCUT2D eigenvalue weighted by Crippen LogP contribution is 2.13. The third-order valence-corrected chi connectivity index (χ3v) is 5.83. The summed E-state index contributed by atoms with van der Waals surface area (Å²) in [6.07, 6.45) is 29.1. The first kappa shape index (κ1) is 31.7. The van der Waals surface area contributed by atoms with Gasteiger partial charge in [0.1, 0.15) is 0 Å². The quantitative estimate of drug-likeness (QED) is 0.147. The number of hydrogen-bond donors (Lipinski definition) is 3. The summed E-state index contributed by atoms with van der Waals surface area (Å²) in [5.41, 5.74) is 0.